The first kappa shape index (κ1) is 25.3. The predicted molar refractivity (Wildman–Crippen MR) is 130 cm³/mol. The number of halogens is 1. The van der Waals surface area contributed by atoms with Crippen LogP contribution in [0.4, 0.5) is 15.3 Å². The summed E-state index contributed by atoms with van der Waals surface area (Å²) in [5.41, 5.74) is 1.46. The summed E-state index contributed by atoms with van der Waals surface area (Å²) in [6, 6.07) is 9.55. The van der Waals surface area contributed by atoms with E-state index < -0.39 is 12.1 Å². The van der Waals surface area contributed by atoms with Crippen LogP contribution in [0.25, 0.3) is 0 Å². The van der Waals surface area contributed by atoms with Gasteiger partial charge in [0.2, 0.25) is 5.75 Å². The second kappa shape index (κ2) is 11.7. The largest absolute Gasteiger partial charge is 0.493 e. The number of benzene rings is 2. The van der Waals surface area contributed by atoms with Gasteiger partial charge in [-0.25, -0.2) is 9.59 Å². The van der Waals surface area contributed by atoms with Gasteiger partial charge in [-0.3, -0.25) is 0 Å². The van der Waals surface area contributed by atoms with Crippen molar-refractivity contribution in [3.63, 3.8) is 0 Å². The van der Waals surface area contributed by atoms with E-state index in [9.17, 15) is 14.7 Å². The zero-order chi connectivity index (χ0) is 24.7. The number of ether oxygens (including phenoxy) is 3. The molecule has 0 aliphatic heterocycles. The van der Waals surface area contributed by atoms with Crippen LogP contribution < -0.4 is 24.8 Å². The topological polar surface area (TPSA) is 109 Å². The van der Waals surface area contributed by atoms with E-state index in [-0.39, 0.29) is 12.1 Å². The van der Waals surface area contributed by atoms with Crippen molar-refractivity contribution in [2.45, 2.75) is 37.8 Å². The van der Waals surface area contributed by atoms with Crippen LogP contribution in [0.1, 0.15) is 24.8 Å². The summed E-state index contributed by atoms with van der Waals surface area (Å²) < 4.78 is 15.9. The third-order valence-corrected chi connectivity index (χ3v) is 6.17. The zero-order valence-electron chi connectivity index (χ0n) is 19.5. The van der Waals surface area contributed by atoms with Crippen molar-refractivity contribution in [1.82, 2.24) is 10.2 Å². The number of rotatable bonds is 9. The molecule has 34 heavy (non-hydrogen) atoms. The minimum atomic E-state index is -1.00. The van der Waals surface area contributed by atoms with E-state index in [0.717, 1.165) is 12.0 Å². The van der Waals surface area contributed by atoms with Crippen LogP contribution in [0.15, 0.2) is 36.4 Å². The fourth-order valence-corrected chi connectivity index (χ4v) is 4.40. The molecule has 2 atom stereocenters. The molecule has 184 valence electrons. The third-order valence-electron chi connectivity index (χ3n) is 5.92. The Morgan fingerprint density at radius 2 is 1.71 bits per heavy atom. The van der Waals surface area contributed by atoms with Crippen LogP contribution in [0.2, 0.25) is 5.02 Å². The first-order chi connectivity index (χ1) is 16.4. The molecule has 10 heteroatoms. The maximum Gasteiger partial charge on any atom is 0.407 e. The van der Waals surface area contributed by atoms with E-state index in [1.807, 2.05) is 12.1 Å². The van der Waals surface area contributed by atoms with Crippen molar-refractivity contribution >= 4 is 29.4 Å². The minimum Gasteiger partial charge on any atom is -0.493 e. The molecule has 0 unspecified atom stereocenters. The van der Waals surface area contributed by atoms with E-state index >= 15 is 0 Å². The molecule has 3 amide bonds. The third kappa shape index (κ3) is 6.17. The van der Waals surface area contributed by atoms with Gasteiger partial charge in [-0.2, -0.15) is 0 Å². The number of carboxylic acid groups (broad SMARTS) is 1. The number of hydrogen-bond donors (Lipinski definition) is 3. The van der Waals surface area contributed by atoms with Gasteiger partial charge in [-0.05, 0) is 43.4 Å². The lowest BCUT2D eigenvalue weighted by Gasteiger charge is -2.31. The highest BCUT2D eigenvalue weighted by Gasteiger charge is 2.35. The predicted octanol–water partition coefficient (Wildman–Crippen LogP) is 4.63. The molecule has 0 bridgehead atoms. The van der Waals surface area contributed by atoms with Crippen molar-refractivity contribution in [3.8, 4) is 17.2 Å². The number of nitrogens with zero attached hydrogens (tertiary/aromatic N) is 1. The second-order valence-corrected chi connectivity index (χ2v) is 8.41. The molecule has 9 nitrogen and oxygen atoms in total. The highest BCUT2D eigenvalue weighted by Crippen LogP contribution is 2.40. The van der Waals surface area contributed by atoms with E-state index in [0.29, 0.717) is 53.8 Å². The van der Waals surface area contributed by atoms with Crippen LogP contribution in [-0.2, 0) is 6.42 Å². The van der Waals surface area contributed by atoms with Gasteiger partial charge < -0.3 is 34.9 Å². The molecule has 1 aliphatic rings. The molecule has 3 rings (SSSR count). The van der Waals surface area contributed by atoms with Crippen molar-refractivity contribution in [2.24, 2.45) is 0 Å². The molecule has 0 radical (unpaired) electrons. The second-order valence-electron chi connectivity index (χ2n) is 7.97. The quantitative estimate of drug-likeness (QED) is 0.471. The molecule has 1 aliphatic carbocycles. The summed E-state index contributed by atoms with van der Waals surface area (Å²) in [6.07, 6.45) is 1.76. The number of hydrogen-bond acceptors (Lipinski definition) is 5. The summed E-state index contributed by atoms with van der Waals surface area (Å²) in [5.74, 6) is 1.25. The molecule has 2 aromatic carbocycles. The lowest BCUT2D eigenvalue weighted by Crippen LogP contribution is -2.52. The van der Waals surface area contributed by atoms with Gasteiger partial charge in [0, 0.05) is 23.7 Å². The Morgan fingerprint density at radius 3 is 2.26 bits per heavy atom. The molecular formula is C24H30ClN3O6. The smallest absolute Gasteiger partial charge is 0.407 e. The van der Waals surface area contributed by atoms with Crippen LogP contribution in [-0.4, -0.2) is 62.1 Å². The Morgan fingerprint density at radius 1 is 1.06 bits per heavy atom. The van der Waals surface area contributed by atoms with Crippen LogP contribution in [0.5, 0.6) is 17.2 Å². The average molecular weight is 492 g/mol. The summed E-state index contributed by atoms with van der Waals surface area (Å²) in [5, 5.41) is 16.2. The number of amides is 3. The van der Waals surface area contributed by atoms with E-state index in [2.05, 4.69) is 10.6 Å². The first-order valence-corrected chi connectivity index (χ1v) is 11.4. The highest BCUT2D eigenvalue weighted by atomic mass is 35.5. The highest BCUT2D eigenvalue weighted by molar-refractivity contribution is 6.30. The van der Waals surface area contributed by atoms with Gasteiger partial charge in [0.15, 0.2) is 11.5 Å². The van der Waals surface area contributed by atoms with Crippen molar-refractivity contribution in [1.29, 1.82) is 0 Å². The van der Waals surface area contributed by atoms with Gasteiger partial charge in [-0.1, -0.05) is 23.7 Å². The molecule has 3 N–H and O–H groups in total. The molecule has 1 fully saturated rings. The van der Waals surface area contributed by atoms with Gasteiger partial charge in [-0.15, -0.1) is 0 Å². The fraction of sp³-hybridized carbons (Fsp3) is 0.417. The lowest BCUT2D eigenvalue weighted by molar-refractivity contribution is 0.118. The SMILES string of the molecule is COc1cc(NC(=O)N[C@@H]2CCC[C@H]2N(CCc2ccc(Cl)cc2)C(=O)O)cc(OC)c1OC. The van der Waals surface area contributed by atoms with Gasteiger partial charge in [0.1, 0.15) is 0 Å². The summed E-state index contributed by atoms with van der Waals surface area (Å²) in [4.78, 5) is 26.2. The summed E-state index contributed by atoms with van der Waals surface area (Å²) in [6.45, 7) is 0.328. The van der Waals surface area contributed by atoms with E-state index in [1.165, 1.54) is 26.2 Å². The number of nitrogens with one attached hydrogen (secondary N) is 2. The number of carbonyl (C=O) groups is 2. The van der Waals surface area contributed by atoms with Gasteiger partial charge in [0.05, 0.1) is 39.1 Å². The lowest BCUT2D eigenvalue weighted by atomic mass is 10.1. The average Bonchev–Trinajstić information content (AvgIpc) is 3.26. The maximum atomic E-state index is 12.8. The van der Waals surface area contributed by atoms with Crippen LogP contribution >= 0.6 is 11.6 Å². The van der Waals surface area contributed by atoms with E-state index in [4.69, 9.17) is 25.8 Å². The summed E-state index contributed by atoms with van der Waals surface area (Å²) >= 11 is 5.93. The molecule has 0 saturated heterocycles. The van der Waals surface area contributed by atoms with Crippen LogP contribution in [0.3, 0.4) is 0 Å². The van der Waals surface area contributed by atoms with Crippen molar-refractivity contribution in [3.05, 3.63) is 47.0 Å². The van der Waals surface area contributed by atoms with Gasteiger partial charge in [0.25, 0.3) is 0 Å². The normalized spacial score (nSPS) is 17.1. The Bertz CT molecular complexity index is 976. The van der Waals surface area contributed by atoms with Crippen molar-refractivity contribution in [2.75, 3.05) is 33.2 Å². The molecule has 1 saturated carbocycles. The number of anilines is 1. The molecule has 0 spiro atoms. The standard InChI is InChI=1S/C24H30ClN3O6/c1-32-20-13-17(14-21(33-2)22(20)34-3)26-23(29)27-18-5-4-6-19(18)28(24(30)31)12-11-15-7-9-16(25)10-8-15/h7-10,13-14,18-19H,4-6,11-12H2,1-3H3,(H,30,31)(H2,26,27,29)/t18-,19-/m1/s1. The monoisotopic (exact) mass is 491 g/mol. The fourth-order valence-electron chi connectivity index (χ4n) is 4.27. The Kier molecular flexibility index (Phi) is 8.70. The van der Waals surface area contributed by atoms with E-state index in [1.54, 1.807) is 24.3 Å². The number of carbonyl (C=O) groups excluding carboxylic acids is 1. The Hall–Kier alpha value is -3.33. The maximum absolute atomic E-state index is 12.8. The van der Waals surface area contributed by atoms with Gasteiger partial charge >= 0.3 is 12.1 Å². The zero-order valence-corrected chi connectivity index (χ0v) is 20.2. The van der Waals surface area contributed by atoms with Crippen molar-refractivity contribution < 1.29 is 28.9 Å². The molecule has 2 aromatic rings. The van der Waals surface area contributed by atoms with Crippen LogP contribution in [0, 0.1) is 0 Å². The number of methoxy groups -OCH3 is 3. The summed E-state index contributed by atoms with van der Waals surface area (Å²) in [7, 11) is 4.49. The first-order valence-electron chi connectivity index (χ1n) is 11.0. The molecule has 0 aromatic heterocycles. The Balaban J connectivity index is 1.66. The Labute approximate surface area is 203 Å². The molecule has 0 heterocycles. The number of urea groups is 1. The minimum absolute atomic E-state index is 0.302. The molecular weight excluding hydrogens is 462 g/mol.